The van der Waals surface area contributed by atoms with Crippen molar-refractivity contribution in [2.75, 3.05) is 32.8 Å². The molecule has 4 nitrogen and oxygen atoms in total. The Kier molecular flexibility index (Phi) is 4.72. The summed E-state index contributed by atoms with van der Waals surface area (Å²) in [7, 11) is 0. The molecule has 1 N–H and O–H groups in total. The number of thiazole rings is 1. The number of ether oxygens (including phenoxy) is 1. The number of aromatic nitrogens is 1. The molecular formula is C13H23N3OS. The average molecular weight is 269 g/mol. The minimum absolute atomic E-state index is 0.175. The summed E-state index contributed by atoms with van der Waals surface area (Å²) in [6.07, 6.45) is 0. The van der Waals surface area contributed by atoms with Crippen molar-refractivity contribution in [3.05, 3.63) is 16.1 Å². The molecule has 102 valence electrons. The highest BCUT2D eigenvalue weighted by atomic mass is 32.1. The zero-order valence-electron chi connectivity index (χ0n) is 11.5. The van der Waals surface area contributed by atoms with Crippen molar-refractivity contribution in [3.8, 4) is 0 Å². The monoisotopic (exact) mass is 269 g/mol. The lowest BCUT2D eigenvalue weighted by Crippen LogP contribution is -2.54. The van der Waals surface area contributed by atoms with Crippen LogP contribution in [0.4, 0.5) is 0 Å². The molecule has 0 atom stereocenters. The maximum Gasteiger partial charge on any atom is 0.0897 e. The summed E-state index contributed by atoms with van der Waals surface area (Å²) in [5, 5.41) is 6.78. The smallest absolute Gasteiger partial charge is 0.0897 e. The minimum atomic E-state index is 0.175. The van der Waals surface area contributed by atoms with E-state index in [1.807, 2.05) is 6.92 Å². The first-order chi connectivity index (χ1) is 8.58. The Morgan fingerprint density at radius 2 is 2.17 bits per heavy atom. The molecular weight excluding hydrogens is 246 g/mol. The van der Waals surface area contributed by atoms with Crippen molar-refractivity contribution < 1.29 is 4.74 Å². The van der Waals surface area contributed by atoms with Crippen LogP contribution in [0.3, 0.4) is 0 Å². The SMILES string of the molecule is Cc1nc(CNCC(C)(C)N2CCOCC2)cs1. The van der Waals surface area contributed by atoms with Gasteiger partial charge >= 0.3 is 0 Å². The number of nitrogens with one attached hydrogen (secondary N) is 1. The third-order valence-electron chi connectivity index (χ3n) is 3.40. The number of aryl methyl sites for hydroxylation is 1. The standard InChI is InChI=1S/C13H23N3OS/c1-11-15-12(9-18-11)8-14-10-13(2,3)16-4-6-17-7-5-16/h9,14H,4-8,10H2,1-3H3. The quantitative estimate of drug-likeness (QED) is 0.882. The second-order valence-electron chi connectivity index (χ2n) is 5.37. The predicted molar refractivity (Wildman–Crippen MR) is 75.0 cm³/mol. The van der Waals surface area contributed by atoms with Crippen molar-refractivity contribution >= 4 is 11.3 Å². The number of morpholine rings is 1. The Bertz CT molecular complexity index is 372. The van der Waals surface area contributed by atoms with Crippen LogP contribution in [0.1, 0.15) is 24.5 Å². The molecule has 18 heavy (non-hydrogen) atoms. The van der Waals surface area contributed by atoms with Gasteiger partial charge < -0.3 is 10.1 Å². The van der Waals surface area contributed by atoms with Gasteiger partial charge in [0.25, 0.3) is 0 Å². The topological polar surface area (TPSA) is 37.4 Å². The summed E-state index contributed by atoms with van der Waals surface area (Å²) < 4.78 is 5.40. The van der Waals surface area contributed by atoms with E-state index in [2.05, 4.69) is 34.4 Å². The Balaban J connectivity index is 1.77. The molecule has 1 saturated heterocycles. The van der Waals surface area contributed by atoms with Gasteiger partial charge in [0.15, 0.2) is 0 Å². The number of nitrogens with zero attached hydrogens (tertiary/aromatic N) is 2. The molecule has 2 rings (SSSR count). The molecule has 0 aromatic carbocycles. The van der Waals surface area contributed by atoms with Gasteiger partial charge in [-0.1, -0.05) is 0 Å². The van der Waals surface area contributed by atoms with Crippen molar-refractivity contribution in [1.29, 1.82) is 0 Å². The molecule has 2 heterocycles. The lowest BCUT2D eigenvalue weighted by Gasteiger charge is -2.41. The highest BCUT2D eigenvalue weighted by molar-refractivity contribution is 7.09. The van der Waals surface area contributed by atoms with Crippen LogP contribution in [0.5, 0.6) is 0 Å². The normalized spacial score (nSPS) is 18.2. The lowest BCUT2D eigenvalue weighted by molar-refractivity contribution is -0.00968. The van der Waals surface area contributed by atoms with Crippen LogP contribution in [0.15, 0.2) is 5.38 Å². The molecule has 1 aromatic rings. The van der Waals surface area contributed by atoms with Gasteiger partial charge in [-0.25, -0.2) is 4.98 Å². The van der Waals surface area contributed by atoms with Gasteiger partial charge in [0.1, 0.15) is 0 Å². The number of hydrogen-bond donors (Lipinski definition) is 1. The summed E-state index contributed by atoms with van der Waals surface area (Å²) in [4.78, 5) is 6.96. The summed E-state index contributed by atoms with van der Waals surface area (Å²) in [6.45, 7) is 12.2. The molecule has 0 bridgehead atoms. The highest BCUT2D eigenvalue weighted by Gasteiger charge is 2.27. The molecule has 0 unspecified atom stereocenters. The number of hydrogen-bond acceptors (Lipinski definition) is 5. The number of rotatable bonds is 5. The van der Waals surface area contributed by atoms with Gasteiger partial charge in [-0.2, -0.15) is 0 Å². The first-order valence-electron chi connectivity index (χ1n) is 6.52. The van der Waals surface area contributed by atoms with Gasteiger partial charge in [0.05, 0.1) is 23.9 Å². The first-order valence-corrected chi connectivity index (χ1v) is 7.40. The van der Waals surface area contributed by atoms with E-state index in [0.717, 1.165) is 50.1 Å². The maximum atomic E-state index is 5.40. The van der Waals surface area contributed by atoms with E-state index in [1.54, 1.807) is 11.3 Å². The second-order valence-corrected chi connectivity index (χ2v) is 6.44. The van der Waals surface area contributed by atoms with Crippen LogP contribution in [-0.4, -0.2) is 48.3 Å². The summed E-state index contributed by atoms with van der Waals surface area (Å²) in [5.41, 5.74) is 1.32. The van der Waals surface area contributed by atoms with Crippen molar-refractivity contribution in [3.63, 3.8) is 0 Å². The molecule has 1 aliphatic rings. The Morgan fingerprint density at radius 3 is 2.78 bits per heavy atom. The van der Waals surface area contributed by atoms with Gasteiger partial charge in [-0.15, -0.1) is 11.3 Å². The van der Waals surface area contributed by atoms with Crippen LogP contribution in [-0.2, 0) is 11.3 Å². The fourth-order valence-electron chi connectivity index (χ4n) is 2.27. The van der Waals surface area contributed by atoms with Crippen LogP contribution >= 0.6 is 11.3 Å². The third-order valence-corrected chi connectivity index (χ3v) is 4.22. The maximum absolute atomic E-state index is 5.40. The fourth-order valence-corrected chi connectivity index (χ4v) is 2.88. The molecule has 0 saturated carbocycles. The van der Waals surface area contributed by atoms with Crippen LogP contribution in [0, 0.1) is 6.92 Å². The van der Waals surface area contributed by atoms with E-state index < -0.39 is 0 Å². The lowest BCUT2D eigenvalue weighted by atomic mass is 10.0. The van der Waals surface area contributed by atoms with Gasteiger partial charge in [-0.3, -0.25) is 4.90 Å². The van der Waals surface area contributed by atoms with E-state index in [0.29, 0.717) is 0 Å². The Hall–Kier alpha value is -0.490. The van der Waals surface area contributed by atoms with Crippen LogP contribution in [0.2, 0.25) is 0 Å². The van der Waals surface area contributed by atoms with E-state index in [1.165, 1.54) is 0 Å². The third kappa shape index (κ3) is 3.75. The molecule has 0 radical (unpaired) electrons. The molecule has 0 aliphatic carbocycles. The molecule has 1 aliphatic heterocycles. The van der Waals surface area contributed by atoms with Crippen molar-refractivity contribution in [2.24, 2.45) is 0 Å². The van der Waals surface area contributed by atoms with E-state index in [4.69, 9.17) is 4.74 Å². The second kappa shape index (κ2) is 6.10. The zero-order valence-corrected chi connectivity index (χ0v) is 12.3. The molecule has 1 aromatic heterocycles. The van der Waals surface area contributed by atoms with Crippen molar-refractivity contribution in [2.45, 2.75) is 32.9 Å². The highest BCUT2D eigenvalue weighted by Crippen LogP contribution is 2.15. The predicted octanol–water partition coefficient (Wildman–Crippen LogP) is 1.65. The minimum Gasteiger partial charge on any atom is -0.379 e. The first kappa shape index (κ1) is 13.9. The van der Waals surface area contributed by atoms with E-state index >= 15 is 0 Å². The molecule has 1 fully saturated rings. The average Bonchev–Trinajstić information content (AvgIpc) is 2.76. The fraction of sp³-hybridized carbons (Fsp3) is 0.769. The largest absolute Gasteiger partial charge is 0.379 e. The Morgan fingerprint density at radius 1 is 1.44 bits per heavy atom. The van der Waals surface area contributed by atoms with E-state index in [9.17, 15) is 0 Å². The summed E-state index contributed by atoms with van der Waals surface area (Å²) in [5.74, 6) is 0. The van der Waals surface area contributed by atoms with Crippen LogP contribution < -0.4 is 5.32 Å². The van der Waals surface area contributed by atoms with Crippen molar-refractivity contribution in [1.82, 2.24) is 15.2 Å². The van der Waals surface area contributed by atoms with Gasteiger partial charge in [0, 0.05) is 37.1 Å². The summed E-state index contributed by atoms with van der Waals surface area (Å²) in [6, 6.07) is 0. The van der Waals surface area contributed by atoms with Crippen LogP contribution in [0.25, 0.3) is 0 Å². The molecule has 5 heteroatoms. The van der Waals surface area contributed by atoms with E-state index in [-0.39, 0.29) is 5.54 Å². The Labute approximate surface area is 113 Å². The molecule has 0 amide bonds. The van der Waals surface area contributed by atoms with Gasteiger partial charge in [-0.05, 0) is 20.8 Å². The molecule has 0 spiro atoms. The zero-order chi connectivity index (χ0) is 13.0. The summed E-state index contributed by atoms with van der Waals surface area (Å²) >= 11 is 1.71. The van der Waals surface area contributed by atoms with Gasteiger partial charge in [0.2, 0.25) is 0 Å².